The highest BCUT2D eigenvalue weighted by atomic mass is 16.2. The van der Waals surface area contributed by atoms with Crippen LogP contribution in [-0.4, -0.2) is 41.4 Å². The van der Waals surface area contributed by atoms with Gasteiger partial charge in [-0.2, -0.15) is 0 Å². The number of carbonyl (C=O) groups excluding carboxylic acids is 2. The zero-order chi connectivity index (χ0) is 15.4. The Morgan fingerprint density at radius 3 is 1.41 bits per heavy atom. The van der Waals surface area contributed by atoms with Crippen molar-refractivity contribution < 1.29 is 9.59 Å². The van der Waals surface area contributed by atoms with Crippen LogP contribution < -0.4 is 0 Å². The van der Waals surface area contributed by atoms with E-state index in [0.717, 1.165) is 45.2 Å². The first-order valence-electron chi connectivity index (χ1n) is 9.33. The van der Waals surface area contributed by atoms with Crippen LogP contribution in [0.5, 0.6) is 0 Å². The van der Waals surface area contributed by atoms with Gasteiger partial charge in [-0.3, -0.25) is 9.59 Å². The molecular weight excluding hydrogens is 276 g/mol. The highest BCUT2D eigenvalue weighted by Gasteiger charge is 2.32. The molecule has 0 aromatic heterocycles. The lowest BCUT2D eigenvalue weighted by Gasteiger charge is -2.39. The van der Waals surface area contributed by atoms with Crippen LogP contribution in [0.2, 0.25) is 0 Å². The zero-order valence-corrected chi connectivity index (χ0v) is 13.8. The number of hydrogen-bond donors (Lipinski definition) is 0. The summed E-state index contributed by atoms with van der Waals surface area (Å²) in [6.45, 7) is 2.22. The van der Waals surface area contributed by atoms with Gasteiger partial charge in [0, 0.05) is 24.9 Å². The highest BCUT2D eigenvalue weighted by Crippen LogP contribution is 2.28. The fraction of sp³-hybridized carbons (Fsp3) is 0.889. The highest BCUT2D eigenvalue weighted by molar-refractivity contribution is 5.82. The fourth-order valence-electron chi connectivity index (χ4n) is 4.38. The van der Waals surface area contributed by atoms with Gasteiger partial charge in [-0.15, -0.1) is 0 Å². The number of carbonyl (C=O) groups is 2. The van der Waals surface area contributed by atoms with Crippen LogP contribution in [0.25, 0.3) is 0 Å². The molecule has 2 aliphatic carbocycles. The lowest BCUT2D eigenvalue weighted by atomic mass is 9.87. The molecule has 3 aliphatic rings. The van der Waals surface area contributed by atoms with Gasteiger partial charge in [0.15, 0.2) is 0 Å². The van der Waals surface area contributed by atoms with E-state index in [9.17, 15) is 9.59 Å². The minimum absolute atomic E-state index is 0.221. The first-order chi connectivity index (χ1) is 10.8. The van der Waals surface area contributed by atoms with Crippen LogP contribution in [-0.2, 0) is 9.59 Å². The van der Waals surface area contributed by atoms with Crippen molar-refractivity contribution in [1.82, 2.24) is 9.80 Å². The molecule has 0 spiro atoms. The lowest BCUT2D eigenvalue weighted by molar-refractivity contribution is -0.148. The molecule has 1 saturated heterocycles. The molecule has 0 atom stereocenters. The van der Waals surface area contributed by atoms with Gasteiger partial charge in [0.05, 0.1) is 6.67 Å². The maximum absolute atomic E-state index is 12.7. The molecule has 0 aromatic rings. The average molecular weight is 306 g/mol. The Bertz CT molecular complexity index is 362. The van der Waals surface area contributed by atoms with Crippen LogP contribution in [0.15, 0.2) is 0 Å². The van der Waals surface area contributed by atoms with Gasteiger partial charge in [0.2, 0.25) is 11.8 Å². The third kappa shape index (κ3) is 3.64. The number of rotatable bonds is 2. The second kappa shape index (κ2) is 7.47. The second-order valence-electron chi connectivity index (χ2n) is 7.37. The molecule has 4 nitrogen and oxygen atoms in total. The zero-order valence-electron chi connectivity index (χ0n) is 13.8. The smallest absolute Gasteiger partial charge is 0.227 e. The predicted molar refractivity (Wildman–Crippen MR) is 86.1 cm³/mol. The van der Waals surface area contributed by atoms with Crippen molar-refractivity contribution in [2.24, 2.45) is 11.8 Å². The molecule has 1 heterocycles. The van der Waals surface area contributed by atoms with Crippen molar-refractivity contribution in [3.63, 3.8) is 0 Å². The summed E-state index contributed by atoms with van der Waals surface area (Å²) in [6.07, 6.45) is 12.4. The van der Waals surface area contributed by atoms with Crippen LogP contribution in [0.4, 0.5) is 0 Å². The van der Waals surface area contributed by atoms with Gasteiger partial charge in [-0.25, -0.2) is 0 Å². The van der Waals surface area contributed by atoms with E-state index in [0.29, 0.717) is 18.5 Å². The Morgan fingerprint density at radius 2 is 1.00 bits per heavy atom. The van der Waals surface area contributed by atoms with Gasteiger partial charge in [0.25, 0.3) is 0 Å². The summed E-state index contributed by atoms with van der Waals surface area (Å²) < 4.78 is 0. The van der Waals surface area contributed by atoms with Crippen molar-refractivity contribution in [3.05, 3.63) is 0 Å². The molecule has 124 valence electrons. The maximum Gasteiger partial charge on any atom is 0.227 e. The molecule has 2 saturated carbocycles. The van der Waals surface area contributed by atoms with Gasteiger partial charge >= 0.3 is 0 Å². The number of amides is 2. The second-order valence-corrected chi connectivity index (χ2v) is 7.37. The van der Waals surface area contributed by atoms with E-state index < -0.39 is 0 Å². The van der Waals surface area contributed by atoms with Gasteiger partial charge in [-0.1, -0.05) is 38.5 Å². The maximum atomic E-state index is 12.7. The number of hydrogen-bond acceptors (Lipinski definition) is 2. The number of nitrogens with zero attached hydrogens (tertiary/aromatic N) is 2. The molecule has 3 rings (SSSR count). The normalized spacial score (nSPS) is 25.3. The van der Waals surface area contributed by atoms with Crippen molar-refractivity contribution in [2.45, 2.75) is 70.6 Å². The molecule has 1 aliphatic heterocycles. The Kier molecular flexibility index (Phi) is 5.37. The van der Waals surface area contributed by atoms with E-state index in [2.05, 4.69) is 0 Å². The van der Waals surface area contributed by atoms with Crippen molar-refractivity contribution >= 4 is 11.8 Å². The predicted octanol–water partition coefficient (Wildman–Crippen LogP) is 3.17. The van der Waals surface area contributed by atoms with Crippen molar-refractivity contribution in [1.29, 1.82) is 0 Å². The minimum Gasteiger partial charge on any atom is -0.325 e. The third-order valence-electron chi connectivity index (χ3n) is 5.73. The summed E-state index contributed by atoms with van der Waals surface area (Å²) in [5, 5.41) is 0. The fourth-order valence-corrected chi connectivity index (χ4v) is 4.38. The SMILES string of the molecule is O=C(C1CCCCC1)N1CCCN(C(=O)C2CCCCC2)C1. The molecule has 2 amide bonds. The molecule has 0 N–H and O–H groups in total. The first kappa shape index (κ1) is 15.8. The Balaban J connectivity index is 1.56. The molecule has 0 aromatic carbocycles. The molecule has 22 heavy (non-hydrogen) atoms. The van der Waals surface area contributed by atoms with E-state index in [1.165, 1.54) is 38.5 Å². The summed E-state index contributed by atoms with van der Waals surface area (Å²) in [6, 6.07) is 0. The lowest BCUT2D eigenvalue weighted by Crippen LogP contribution is -2.52. The van der Waals surface area contributed by atoms with Crippen LogP contribution in [0, 0.1) is 11.8 Å². The van der Waals surface area contributed by atoms with Gasteiger partial charge in [0.1, 0.15) is 0 Å². The average Bonchev–Trinajstić information content (AvgIpc) is 2.62. The molecule has 0 unspecified atom stereocenters. The Labute approximate surface area is 134 Å². The molecule has 4 heteroatoms. The Hall–Kier alpha value is -1.06. The summed E-state index contributed by atoms with van der Waals surface area (Å²) >= 11 is 0. The molecular formula is C18H30N2O2. The molecule has 3 fully saturated rings. The quantitative estimate of drug-likeness (QED) is 0.786. The van der Waals surface area contributed by atoms with E-state index >= 15 is 0 Å². The summed E-state index contributed by atoms with van der Waals surface area (Å²) in [5.41, 5.74) is 0. The molecule has 0 radical (unpaired) electrons. The summed E-state index contributed by atoms with van der Waals surface area (Å²) in [4.78, 5) is 29.3. The standard InChI is InChI=1S/C18H30N2O2/c21-17(15-8-3-1-4-9-15)19-12-7-13-20(14-19)18(22)16-10-5-2-6-11-16/h15-16H,1-14H2. The van der Waals surface area contributed by atoms with E-state index in [-0.39, 0.29) is 11.8 Å². The van der Waals surface area contributed by atoms with Crippen molar-refractivity contribution in [3.8, 4) is 0 Å². The molecule has 0 bridgehead atoms. The summed E-state index contributed by atoms with van der Waals surface area (Å²) in [7, 11) is 0. The van der Waals surface area contributed by atoms with Crippen molar-refractivity contribution in [2.75, 3.05) is 19.8 Å². The van der Waals surface area contributed by atoms with Crippen LogP contribution in [0.1, 0.15) is 70.6 Å². The van der Waals surface area contributed by atoms with Crippen LogP contribution in [0.3, 0.4) is 0 Å². The first-order valence-corrected chi connectivity index (χ1v) is 9.33. The van der Waals surface area contributed by atoms with Gasteiger partial charge < -0.3 is 9.80 Å². The van der Waals surface area contributed by atoms with Crippen LogP contribution >= 0.6 is 0 Å². The third-order valence-corrected chi connectivity index (χ3v) is 5.73. The van der Waals surface area contributed by atoms with Gasteiger partial charge in [-0.05, 0) is 32.1 Å². The topological polar surface area (TPSA) is 40.6 Å². The van der Waals surface area contributed by atoms with E-state index in [4.69, 9.17) is 0 Å². The largest absolute Gasteiger partial charge is 0.325 e. The minimum atomic E-state index is 0.221. The summed E-state index contributed by atoms with van der Waals surface area (Å²) in [5.74, 6) is 1.05. The monoisotopic (exact) mass is 306 g/mol. The van der Waals surface area contributed by atoms with E-state index in [1.54, 1.807) is 0 Å². The van der Waals surface area contributed by atoms with E-state index in [1.807, 2.05) is 9.80 Å². The Morgan fingerprint density at radius 1 is 0.591 bits per heavy atom.